The van der Waals surface area contributed by atoms with Crippen molar-refractivity contribution in [2.45, 2.75) is 37.1 Å². The van der Waals surface area contributed by atoms with Gasteiger partial charge in [-0.3, -0.25) is 0 Å². The Balaban J connectivity index is 1.79. The first-order chi connectivity index (χ1) is 7.25. The Morgan fingerprint density at radius 2 is 2.00 bits per heavy atom. The summed E-state index contributed by atoms with van der Waals surface area (Å²) >= 11 is 1.89. The van der Waals surface area contributed by atoms with E-state index in [4.69, 9.17) is 5.73 Å². The van der Waals surface area contributed by atoms with Crippen molar-refractivity contribution < 1.29 is 0 Å². The molecule has 0 heterocycles. The van der Waals surface area contributed by atoms with E-state index >= 15 is 0 Å². The van der Waals surface area contributed by atoms with Gasteiger partial charge in [-0.2, -0.15) is 0 Å². The van der Waals surface area contributed by atoms with Gasteiger partial charge in [0.2, 0.25) is 0 Å². The maximum atomic E-state index is 6.14. The molecule has 2 rings (SSSR count). The minimum Gasteiger partial charge on any atom is -0.327 e. The lowest BCUT2D eigenvalue weighted by Gasteiger charge is -2.30. The number of benzene rings is 1. The molecule has 1 aromatic carbocycles. The van der Waals surface area contributed by atoms with Crippen molar-refractivity contribution in [3.05, 3.63) is 29.8 Å². The third kappa shape index (κ3) is 2.99. The van der Waals surface area contributed by atoms with Gasteiger partial charge in [0, 0.05) is 16.7 Å². The van der Waals surface area contributed by atoms with Crippen LogP contribution >= 0.6 is 11.8 Å². The first-order valence-corrected chi connectivity index (χ1v) is 6.69. The van der Waals surface area contributed by atoms with Gasteiger partial charge < -0.3 is 5.73 Å². The van der Waals surface area contributed by atoms with E-state index in [1.165, 1.54) is 29.7 Å². The van der Waals surface area contributed by atoms with Crippen LogP contribution in [0.1, 0.15) is 24.8 Å². The first-order valence-electron chi connectivity index (χ1n) is 5.71. The molecule has 0 aliphatic heterocycles. The quantitative estimate of drug-likeness (QED) is 0.790. The lowest BCUT2D eigenvalue weighted by Crippen LogP contribution is -2.36. The van der Waals surface area contributed by atoms with Crippen LogP contribution in [0.4, 0.5) is 0 Å². The van der Waals surface area contributed by atoms with Crippen molar-refractivity contribution in [1.82, 2.24) is 0 Å². The number of nitrogens with two attached hydrogens (primary N) is 1. The van der Waals surface area contributed by atoms with Crippen LogP contribution in [-0.4, -0.2) is 11.8 Å². The first kappa shape index (κ1) is 11.0. The molecular weight excluding hydrogens is 202 g/mol. The van der Waals surface area contributed by atoms with Gasteiger partial charge in [-0.05, 0) is 37.8 Å². The van der Waals surface area contributed by atoms with E-state index in [0.29, 0.717) is 6.04 Å². The zero-order chi connectivity index (χ0) is 10.7. The molecule has 1 aliphatic rings. The van der Waals surface area contributed by atoms with Crippen LogP contribution in [0, 0.1) is 12.8 Å². The van der Waals surface area contributed by atoms with Crippen molar-refractivity contribution in [2.75, 3.05) is 5.75 Å². The molecular formula is C13H19NS. The topological polar surface area (TPSA) is 26.0 Å². The average molecular weight is 221 g/mol. The summed E-state index contributed by atoms with van der Waals surface area (Å²) in [7, 11) is 0. The monoisotopic (exact) mass is 221 g/mol. The number of hydrogen-bond donors (Lipinski definition) is 1. The third-order valence-electron chi connectivity index (χ3n) is 3.22. The molecule has 1 aromatic rings. The van der Waals surface area contributed by atoms with Crippen molar-refractivity contribution in [3.63, 3.8) is 0 Å². The van der Waals surface area contributed by atoms with Gasteiger partial charge in [0.05, 0.1) is 0 Å². The van der Waals surface area contributed by atoms with E-state index in [0.717, 1.165) is 11.7 Å². The van der Waals surface area contributed by atoms with Crippen LogP contribution < -0.4 is 5.73 Å². The van der Waals surface area contributed by atoms with Crippen molar-refractivity contribution >= 4 is 11.8 Å². The second-order valence-corrected chi connectivity index (χ2v) is 5.57. The van der Waals surface area contributed by atoms with Crippen LogP contribution in [0.15, 0.2) is 29.2 Å². The molecule has 2 heteroatoms. The van der Waals surface area contributed by atoms with E-state index in [1.807, 2.05) is 11.8 Å². The van der Waals surface area contributed by atoms with Gasteiger partial charge in [0.1, 0.15) is 0 Å². The SMILES string of the molecule is Cc1ccc(SCC(N)C2CCC2)cc1. The molecule has 2 N–H and O–H groups in total. The average Bonchev–Trinajstić information content (AvgIpc) is 2.14. The van der Waals surface area contributed by atoms with Crippen molar-refractivity contribution in [3.8, 4) is 0 Å². The third-order valence-corrected chi connectivity index (χ3v) is 4.38. The van der Waals surface area contributed by atoms with Gasteiger partial charge in [0.25, 0.3) is 0 Å². The second-order valence-electron chi connectivity index (χ2n) is 4.48. The minimum absolute atomic E-state index is 0.394. The summed E-state index contributed by atoms with van der Waals surface area (Å²) in [4.78, 5) is 1.34. The van der Waals surface area contributed by atoms with Gasteiger partial charge >= 0.3 is 0 Å². The van der Waals surface area contributed by atoms with Crippen LogP contribution in [-0.2, 0) is 0 Å². The molecule has 1 atom stereocenters. The molecule has 82 valence electrons. The van der Waals surface area contributed by atoms with E-state index in [-0.39, 0.29) is 0 Å². The molecule has 0 aromatic heterocycles. The molecule has 0 bridgehead atoms. The Morgan fingerprint density at radius 1 is 1.33 bits per heavy atom. The van der Waals surface area contributed by atoms with E-state index in [9.17, 15) is 0 Å². The summed E-state index contributed by atoms with van der Waals surface area (Å²) in [5.41, 5.74) is 7.46. The number of thioether (sulfide) groups is 1. The molecule has 1 fully saturated rings. The maximum Gasteiger partial charge on any atom is 0.0162 e. The van der Waals surface area contributed by atoms with E-state index in [1.54, 1.807) is 0 Å². The zero-order valence-electron chi connectivity index (χ0n) is 9.28. The predicted molar refractivity (Wildman–Crippen MR) is 67.2 cm³/mol. The van der Waals surface area contributed by atoms with Gasteiger partial charge in [-0.25, -0.2) is 0 Å². The standard InChI is InChI=1S/C13H19NS/c1-10-5-7-12(8-6-10)15-9-13(14)11-3-2-4-11/h5-8,11,13H,2-4,9,14H2,1H3. The van der Waals surface area contributed by atoms with Crippen molar-refractivity contribution in [1.29, 1.82) is 0 Å². The fourth-order valence-corrected chi connectivity index (χ4v) is 2.82. The highest BCUT2D eigenvalue weighted by Gasteiger charge is 2.24. The lowest BCUT2D eigenvalue weighted by molar-refractivity contribution is 0.276. The number of aryl methyl sites for hydroxylation is 1. The molecule has 1 unspecified atom stereocenters. The molecule has 0 radical (unpaired) electrons. The maximum absolute atomic E-state index is 6.14. The van der Waals surface area contributed by atoms with E-state index < -0.39 is 0 Å². The van der Waals surface area contributed by atoms with Gasteiger partial charge in [-0.15, -0.1) is 11.8 Å². The number of hydrogen-bond acceptors (Lipinski definition) is 2. The summed E-state index contributed by atoms with van der Waals surface area (Å²) in [6.45, 7) is 2.12. The van der Waals surface area contributed by atoms with Crippen LogP contribution in [0.2, 0.25) is 0 Å². The lowest BCUT2D eigenvalue weighted by atomic mass is 9.81. The number of rotatable bonds is 4. The smallest absolute Gasteiger partial charge is 0.0162 e. The Hall–Kier alpha value is -0.470. The predicted octanol–water partition coefficient (Wildman–Crippen LogP) is 3.21. The summed E-state index contributed by atoms with van der Waals surface area (Å²) in [5.74, 6) is 1.86. The van der Waals surface area contributed by atoms with Crippen LogP contribution in [0.25, 0.3) is 0 Å². The van der Waals surface area contributed by atoms with Gasteiger partial charge in [0.15, 0.2) is 0 Å². The second kappa shape index (κ2) is 5.04. The summed E-state index contributed by atoms with van der Waals surface area (Å²) in [5, 5.41) is 0. The summed E-state index contributed by atoms with van der Waals surface area (Å²) in [6, 6.07) is 9.10. The van der Waals surface area contributed by atoms with Crippen molar-refractivity contribution in [2.24, 2.45) is 11.7 Å². The molecule has 0 spiro atoms. The normalized spacial score (nSPS) is 18.5. The van der Waals surface area contributed by atoms with Crippen LogP contribution in [0.5, 0.6) is 0 Å². The molecule has 1 nitrogen and oxygen atoms in total. The zero-order valence-corrected chi connectivity index (χ0v) is 10.1. The Bertz CT molecular complexity index is 303. The molecule has 0 amide bonds. The molecule has 0 saturated heterocycles. The summed E-state index contributed by atoms with van der Waals surface area (Å²) < 4.78 is 0. The fourth-order valence-electron chi connectivity index (χ4n) is 1.83. The fraction of sp³-hybridized carbons (Fsp3) is 0.538. The molecule has 15 heavy (non-hydrogen) atoms. The summed E-state index contributed by atoms with van der Waals surface area (Å²) in [6.07, 6.45) is 4.07. The van der Waals surface area contributed by atoms with Gasteiger partial charge in [-0.1, -0.05) is 24.1 Å². The molecule has 1 saturated carbocycles. The minimum atomic E-state index is 0.394. The Morgan fingerprint density at radius 3 is 2.53 bits per heavy atom. The molecule has 1 aliphatic carbocycles. The highest BCUT2D eigenvalue weighted by molar-refractivity contribution is 7.99. The van der Waals surface area contributed by atoms with E-state index in [2.05, 4.69) is 31.2 Å². The Labute approximate surface area is 96.4 Å². The largest absolute Gasteiger partial charge is 0.327 e. The Kier molecular flexibility index (Phi) is 3.71. The highest BCUT2D eigenvalue weighted by atomic mass is 32.2. The highest BCUT2D eigenvalue weighted by Crippen LogP contribution is 2.31. The van der Waals surface area contributed by atoms with Crippen LogP contribution in [0.3, 0.4) is 0 Å².